The summed E-state index contributed by atoms with van der Waals surface area (Å²) < 4.78 is 50.8. The number of carbonyl (C=O) groups is 1. The number of aliphatic hydroxyl groups is 1. The summed E-state index contributed by atoms with van der Waals surface area (Å²) in [4.78, 5) is 15.4. The molecule has 0 bridgehead atoms. The van der Waals surface area contributed by atoms with E-state index in [9.17, 15) is 23.1 Å². The minimum absolute atomic E-state index is 0.0323. The maximum Gasteiger partial charge on any atom is 0.416 e. The molecule has 0 unspecified atom stereocenters. The predicted octanol–water partition coefficient (Wildman–Crippen LogP) is 3.67. The third-order valence-electron chi connectivity index (χ3n) is 8.01. The summed E-state index contributed by atoms with van der Waals surface area (Å²) in [5.74, 6) is -0.0241. The molecule has 2 aliphatic heterocycles. The first-order chi connectivity index (χ1) is 16.0. The molecular weight excluding hydrogens is 449 g/mol. The van der Waals surface area contributed by atoms with Gasteiger partial charge in [-0.2, -0.15) is 13.2 Å². The van der Waals surface area contributed by atoms with E-state index >= 15 is 0 Å². The van der Waals surface area contributed by atoms with Gasteiger partial charge in [-0.05, 0) is 54.9 Å². The predicted molar refractivity (Wildman–Crippen MR) is 120 cm³/mol. The lowest BCUT2D eigenvalue weighted by Gasteiger charge is -2.41. The number of carbonyl (C=O) groups excluding carboxylic acids is 1. The number of halogens is 3. The Kier molecular flexibility index (Phi) is 7.29. The number of nitrogens with one attached hydrogen (secondary N) is 1. The SMILES string of the molecule is CO[C@@H]1COCC[C@@H]1N[C@@H]1CC[C@@](C(=O)N2Cc3cc(C(F)(F)F)ccc3[C@H](O)C2)(C(C)C)C1. The number of methoxy groups -OCH3 is 1. The van der Waals surface area contributed by atoms with Crippen molar-refractivity contribution in [3.05, 3.63) is 34.9 Å². The summed E-state index contributed by atoms with van der Waals surface area (Å²) in [7, 11) is 1.67. The number of ether oxygens (including phenoxy) is 2. The number of benzene rings is 1. The summed E-state index contributed by atoms with van der Waals surface area (Å²) in [6, 6.07) is 3.69. The fourth-order valence-electron chi connectivity index (χ4n) is 5.91. The zero-order valence-corrected chi connectivity index (χ0v) is 20.0. The molecule has 1 aliphatic carbocycles. The highest BCUT2D eigenvalue weighted by molar-refractivity contribution is 5.84. The second-order valence-electron chi connectivity index (χ2n) is 10.3. The van der Waals surface area contributed by atoms with Crippen molar-refractivity contribution in [2.75, 3.05) is 26.9 Å². The molecule has 5 atom stereocenters. The Hall–Kier alpha value is -1.68. The quantitative estimate of drug-likeness (QED) is 0.668. The fraction of sp³-hybridized carbons (Fsp3) is 0.720. The third-order valence-corrected chi connectivity index (χ3v) is 8.01. The van der Waals surface area contributed by atoms with Crippen molar-refractivity contribution in [2.45, 2.75) is 76.5 Å². The third kappa shape index (κ3) is 4.85. The zero-order chi connectivity index (χ0) is 24.7. The van der Waals surface area contributed by atoms with Crippen molar-refractivity contribution in [1.29, 1.82) is 0 Å². The van der Waals surface area contributed by atoms with Crippen LogP contribution in [0, 0.1) is 11.3 Å². The van der Waals surface area contributed by atoms with E-state index in [0.717, 1.165) is 25.0 Å². The molecule has 1 saturated carbocycles. The monoisotopic (exact) mass is 484 g/mol. The second kappa shape index (κ2) is 9.76. The molecule has 2 heterocycles. The fourth-order valence-corrected chi connectivity index (χ4v) is 5.91. The van der Waals surface area contributed by atoms with Crippen LogP contribution < -0.4 is 5.32 Å². The van der Waals surface area contributed by atoms with Crippen molar-refractivity contribution < 1.29 is 32.5 Å². The number of hydrogen-bond donors (Lipinski definition) is 2. The van der Waals surface area contributed by atoms with Gasteiger partial charge in [-0.1, -0.05) is 19.9 Å². The minimum Gasteiger partial charge on any atom is -0.387 e. The summed E-state index contributed by atoms with van der Waals surface area (Å²) in [6.45, 7) is 5.44. The Bertz CT molecular complexity index is 893. The highest BCUT2D eigenvalue weighted by Gasteiger charge is 2.50. The first-order valence-corrected chi connectivity index (χ1v) is 12.1. The first kappa shape index (κ1) is 25.4. The molecule has 0 radical (unpaired) electrons. The highest BCUT2D eigenvalue weighted by Crippen LogP contribution is 2.47. The normalized spacial score (nSPS) is 32.2. The van der Waals surface area contributed by atoms with Crippen LogP contribution in [0.4, 0.5) is 13.2 Å². The van der Waals surface area contributed by atoms with Crippen LogP contribution in [0.5, 0.6) is 0 Å². The van der Waals surface area contributed by atoms with E-state index in [1.807, 2.05) is 13.8 Å². The Morgan fingerprint density at radius 2 is 2.09 bits per heavy atom. The largest absolute Gasteiger partial charge is 0.416 e. The van der Waals surface area contributed by atoms with Crippen molar-refractivity contribution in [1.82, 2.24) is 10.2 Å². The summed E-state index contributed by atoms with van der Waals surface area (Å²) in [5.41, 5.74) is -0.560. The molecule has 4 rings (SSSR count). The smallest absolute Gasteiger partial charge is 0.387 e. The van der Waals surface area contributed by atoms with Gasteiger partial charge >= 0.3 is 6.18 Å². The second-order valence-corrected chi connectivity index (χ2v) is 10.3. The number of aliphatic hydroxyl groups excluding tert-OH is 1. The average molecular weight is 485 g/mol. The van der Waals surface area contributed by atoms with Gasteiger partial charge in [-0.3, -0.25) is 4.79 Å². The number of amides is 1. The van der Waals surface area contributed by atoms with Gasteiger partial charge in [0.05, 0.1) is 36.3 Å². The van der Waals surface area contributed by atoms with E-state index in [2.05, 4.69) is 5.32 Å². The van der Waals surface area contributed by atoms with Gasteiger partial charge in [0.25, 0.3) is 0 Å². The number of β-amino-alcohol motifs (C(OH)–C–C–N with tert-alkyl or cyclic N) is 1. The number of hydrogen-bond acceptors (Lipinski definition) is 5. The molecular formula is C25H35F3N2O4. The molecule has 1 aromatic rings. The van der Waals surface area contributed by atoms with Crippen LogP contribution in [-0.4, -0.2) is 61.0 Å². The zero-order valence-electron chi connectivity index (χ0n) is 20.0. The highest BCUT2D eigenvalue weighted by atomic mass is 19.4. The number of alkyl halides is 3. The van der Waals surface area contributed by atoms with Crippen molar-refractivity contribution in [2.24, 2.45) is 11.3 Å². The molecule has 190 valence electrons. The van der Waals surface area contributed by atoms with Crippen LogP contribution in [-0.2, 0) is 27.0 Å². The first-order valence-electron chi connectivity index (χ1n) is 12.1. The van der Waals surface area contributed by atoms with Crippen LogP contribution in [0.3, 0.4) is 0 Å². The molecule has 2 fully saturated rings. The molecule has 1 aromatic carbocycles. The van der Waals surface area contributed by atoms with Gasteiger partial charge in [0, 0.05) is 32.3 Å². The molecule has 34 heavy (non-hydrogen) atoms. The summed E-state index contributed by atoms with van der Waals surface area (Å²) in [6.07, 6.45) is -2.48. The van der Waals surface area contributed by atoms with Crippen LogP contribution in [0.1, 0.15) is 62.3 Å². The van der Waals surface area contributed by atoms with E-state index in [1.54, 1.807) is 12.0 Å². The van der Waals surface area contributed by atoms with Gasteiger partial charge in [-0.25, -0.2) is 0 Å². The lowest BCUT2D eigenvalue weighted by molar-refractivity contribution is -0.148. The molecule has 3 aliphatic rings. The van der Waals surface area contributed by atoms with E-state index in [-0.39, 0.29) is 43.1 Å². The Balaban J connectivity index is 1.51. The van der Waals surface area contributed by atoms with E-state index in [4.69, 9.17) is 9.47 Å². The number of nitrogens with zero attached hydrogens (tertiary/aromatic N) is 1. The average Bonchev–Trinajstić information content (AvgIpc) is 3.23. The van der Waals surface area contributed by atoms with Gasteiger partial charge < -0.3 is 24.8 Å². The molecule has 0 spiro atoms. The molecule has 0 aromatic heterocycles. The Labute approximate surface area is 198 Å². The van der Waals surface area contributed by atoms with Crippen LogP contribution in [0.25, 0.3) is 0 Å². The van der Waals surface area contributed by atoms with Gasteiger partial charge in [0.1, 0.15) is 0 Å². The van der Waals surface area contributed by atoms with Gasteiger partial charge in [0.15, 0.2) is 0 Å². The van der Waals surface area contributed by atoms with Gasteiger partial charge in [0.2, 0.25) is 5.91 Å². The van der Waals surface area contributed by atoms with Crippen LogP contribution in [0.15, 0.2) is 18.2 Å². The molecule has 1 amide bonds. The maximum absolute atomic E-state index is 13.9. The van der Waals surface area contributed by atoms with E-state index in [1.165, 1.54) is 6.07 Å². The standard InChI is InChI=1S/C25H35F3N2O4/c1-15(2)24(8-6-18(11-24)29-20-7-9-34-14-22(20)33-3)23(32)30-12-16-10-17(25(26,27)28)4-5-19(16)21(31)13-30/h4-5,10,15,18,20-22,29,31H,6-9,11-14H2,1-3H3/t18-,20+,21-,22-,24+/m1/s1. The van der Waals surface area contributed by atoms with Crippen molar-refractivity contribution in [3.8, 4) is 0 Å². The number of rotatable bonds is 5. The van der Waals surface area contributed by atoms with E-state index in [0.29, 0.717) is 37.2 Å². The number of fused-ring (bicyclic) bond motifs is 1. The minimum atomic E-state index is -4.47. The molecule has 2 N–H and O–H groups in total. The lowest BCUT2D eigenvalue weighted by Crippen LogP contribution is -2.52. The molecule has 1 saturated heterocycles. The van der Waals surface area contributed by atoms with Crippen LogP contribution >= 0.6 is 0 Å². The van der Waals surface area contributed by atoms with Gasteiger partial charge in [-0.15, -0.1) is 0 Å². The maximum atomic E-state index is 13.9. The summed E-state index contributed by atoms with van der Waals surface area (Å²) >= 11 is 0. The van der Waals surface area contributed by atoms with Crippen LogP contribution in [0.2, 0.25) is 0 Å². The molecule has 9 heteroatoms. The van der Waals surface area contributed by atoms with Crippen molar-refractivity contribution >= 4 is 5.91 Å². The van der Waals surface area contributed by atoms with E-state index < -0.39 is 23.3 Å². The topological polar surface area (TPSA) is 71.0 Å². The molecule has 6 nitrogen and oxygen atoms in total. The summed E-state index contributed by atoms with van der Waals surface area (Å²) in [5, 5.41) is 14.3. The lowest BCUT2D eigenvalue weighted by atomic mass is 9.73. The van der Waals surface area contributed by atoms with Crippen molar-refractivity contribution in [3.63, 3.8) is 0 Å². The Morgan fingerprint density at radius 1 is 1.32 bits per heavy atom. The Morgan fingerprint density at radius 3 is 2.76 bits per heavy atom.